The van der Waals surface area contributed by atoms with Gasteiger partial charge in [0, 0.05) is 13.6 Å². The molecule has 2 rings (SSSR count). The van der Waals surface area contributed by atoms with Gasteiger partial charge in [0.15, 0.2) is 11.5 Å². The first-order chi connectivity index (χ1) is 11.9. The topological polar surface area (TPSA) is 65.1 Å². The Morgan fingerprint density at radius 2 is 1.40 bits per heavy atom. The molecule has 0 aromatic heterocycles. The van der Waals surface area contributed by atoms with Crippen LogP contribution in [0.5, 0.6) is 17.2 Å². The van der Waals surface area contributed by atoms with Crippen molar-refractivity contribution < 1.29 is 22.6 Å². The molecule has 0 saturated heterocycles. The lowest BCUT2D eigenvalue weighted by molar-refractivity contribution is 0.324. The van der Waals surface area contributed by atoms with E-state index in [2.05, 4.69) is 0 Å². The summed E-state index contributed by atoms with van der Waals surface area (Å²) >= 11 is 0. The lowest BCUT2D eigenvalue weighted by Gasteiger charge is -2.16. The Labute approximate surface area is 149 Å². The quantitative estimate of drug-likeness (QED) is 0.755. The van der Waals surface area contributed by atoms with Crippen LogP contribution in [0.1, 0.15) is 6.92 Å². The summed E-state index contributed by atoms with van der Waals surface area (Å²) in [5.41, 5.74) is 1.68. The number of nitrogens with zero attached hydrogens (tertiary/aromatic N) is 1. The lowest BCUT2D eigenvalue weighted by Crippen LogP contribution is -2.26. The van der Waals surface area contributed by atoms with Gasteiger partial charge in [0.2, 0.25) is 15.8 Å². The lowest BCUT2D eigenvalue weighted by atomic mass is 10.0. The average molecular weight is 365 g/mol. The molecule has 0 unspecified atom stereocenters. The van der Waals surface area contributed by atoms with E-state index in [1.54, 1.807) is 59.6 Å². The Morgan fingerprint density at radius 3 is 1.80 bits per heavy atom. The van der Waals surface area contributed by atoms with Crippen LogP contribution in [0.2, 0.25) is 0 Å². The molecule has 0 spiro atoms. The molecule has 0 aliphatic rings. The molecule has 2 aromatic rings. The van der Waals surface area contributed by atoms with Crippen LogP contribution in [-0.2, 0) is 10.0 Å². The minimum atomic E-state index is -3.46. The summed E-state index contributed by atoms with van der Waals surface area (Å²) in [7, 11) is 2.75. The predicted octanol–water partition coefficient (Wildman–Crippen LogP) is 3.02. The van der Waals surface area contributed by atoms with Crippen molar-refractivity contribution in [3.63, 3.8) is 0 Å². The molecule has 0 saturated carbocycles. The first-order valence-corrected chi connectivity index (χ1v) is 9.19. The fraction of sp³-hybridized carbons (Fsp3) is 0.333. The monoisotopic (exact) mass is 365 g/mol. The van der Waals surface area contributed by atoms with Gasteiger partial charge in [-0.05, 0) is 35.4 Å². The Balaban J connectivity index is 2.47. The normalized spacial score (nSPS) is 11.4. The molecule has 0 aliphatic carbocycles. The van der Waals surface area contributed by atoms with E-state index in [1.807, 2.05) is 12.1 Å². The van der Waals surface area contributed by atoms with Crippen LogP contribution in [0.15, 0.2) is 41.3 Å². The van der Waals surface area contributed by atoms with Crippen molar-refractivity contribution in [1.82, 2.24) is 4.31 Å². The van der Waals surface area contributed by atoms with E-state index in [1.165, 1.54) is 4.31 Å². The third-order valence-electron chi connectivity index (χ3n) is 4.01. The first kappa shape index (κ1) is 19.1. The van der Waals surface area contributed by atoms with E-state index in [-0.39, 0.29) is 4.90 Å². The van der Waals surface area contributed by atoms with Crippen LogP contribution in [0, 0.1) is 0 Å². The molecule has 0 N–H and O–H groups in total. The SMILES string of the molecule is CCN(C)S(=O)(=O)c1ccc(-c2cc(OC)c(OC)c(OC)c2)cc1. The van der Waals surface area contributed by atoms with Gasteiger partial charge < -0.3 is 14.2 Å². The van der Waals surface area contributed by atoms with Crippen molar-refractivity contribution in [3.05, 3.63) is 36.4 Å². The highest BCUT2D eigenvalue weighted by atomic mass is 32.2. The molecule has 0 radical (unpaired) electrons. The first-order valence-electron chi connectivity index (χ1n) is 7.75. The second kappa shape index (κ2) is 7.76. The summed E-state index contributed by atoms with van der Waals surface area (Å²) in [6, 6.07) is 10.4. The maximum Gasteiger partial charge on any atom is 0.242 e. The zero-order valence-electron chi connectivity index (χ0n) is 15.1. The zero-order valence-corrected chi connectivity index (χ0v) is 15.9. The van der Waals surface area contributed by atoms with E-state index < -0.39 is 10.0 Å². The van der Waals surface area contributed by atoms with Gasteiger partial charge >= 0.3 is 0 Å². The van der Waals surface area contributed by atoms with Gasteiger partial charge in [-0.1, -0.05) is 19.1 Å². The van der Waals surface area contributed by atoms with Gasteiger partial charge in [-0.2, -0.15) is 0 Å². The summed E-state index contributed by atoms with van der Waals surface area (Å²) in [6.07, 6.45) is 0. The largest absolute Gasteiger partial charge is 0.493 e. The summed E-state index contributed by atoms with van der Waals surface area (Å²) in [5.74, 6) is 1.59. The van der Waals surface area contributed by atoms with Crippen molar-refractivity contribution in [3.8, 4) is 28.4 Å². The fourth-order valence-electron chi connectivity index (χ4n) is 2.42. The molecule has 2 aromatic carbocycles. The average Bonchev–Trinajstić information content (AvgIpc) is 2.65. The van der Waals surface area contributed by atoms with Crippen LogP contribution in [0.4, 0.5) is 0 Å². The number of hydrogen-bond acceptors (Lipinski definition) is 5. The van der Waals surface area contributed by atoms with E-state index in [4.69, 9.17) is 14.2 Å². The second-order valence-electron chi connectivity index (χ2n) is 5.36. The van der Waals surface area contributed by atoms with Gasteiger partial charge in [-0.25, -0.2) is 12.7 Å². The van der Waals surface area contributed by atoms with Crippen molar-refractivity contribution in [2.45, 2.75) is 11.8 Å². The molecular formula is C18H23NO5S. The third kappa shape index (κ3) is 3.72. The molecule has 25 heavy (non-hydrogen) atoms. The van der Waals surface area contributed by atoms with E-state index in [0.717, 1.165) is 11.1 Å². The van der Waals surface area contributed by atoms with Crippen molar-refractivity contribution >= 4 is 10.0 Å². The minimum absolute atomic E-state index is 0.257. The number of hydrogen-bond donors (Lipinski definition) is 0. The number of ether oxygens (including phenoxy) is 3. The van der Waals surface area contributed by atoms with E-state index in [0.29, 0.717) is 23.8 Å². The van der Waals surface area contributed by atoms with Gasteiger partial charge in [0.25, 0.3) is 0 Å². The zero-order chi connectivity index (χ0) is 18.6. The van der Waals surface area contributed by atoms with Crippen LogP contribution in [0.25, 0.3) is 11.1 Å². The van der Waals surface area contributed by atoms with Gasteiger partial charge in [0.05, 0.1) is 26.2 Å². The van der Waals surface area contributed by atoms with Gasteiger partial charge in [-0.3, -0.25) is 0 Å². The molecule has 0 atom stereocenters. The second-order valence-corrected chi connectivity index (χ2v) is 7.40. The summed E-state index contributed by atoms with van der Waals surface area (Å²) in [6.45, 7) is 2.21. The molecule has 0 bridgehead atoms. The highest BCUT2D eigenvalue weighted by molar-refractivity contribution is 7.89. The molecule has 0 amide bonds. The van der Waals surface area contributed by atoms with Crippen molar-refractivity contribution in [1.29, 1.82) is 0 Å². The molecule has 136 valence electrons. The maximum atomic E-state index is 12.4. The third-order valence-corrected chi connectivity index (χ3v) is 5.95. The highest BCUT2D eigenvalue weighted by Crippen LogP contribution is 2.41. The molecule has 6 nitrogen and oxygen atoms in total. The molecule has 0 heterocycles. The Hall–Kier alpha value is -2.25. The van der Waals surface area contributed by atoms with Gasteiger partial charge in [-0.15, -0.1) is 0 Å². The standard InChI is InChI=1S/C18H23NO5S/c1-6-19(2)25(20,21)15-9-7-13(8-10-15)14-11-16(22-3)18(24-5)17(12-14)23-4/h7-12H,6H2,1-5H3. The minimum Gasteiger partial charge on any atom is -0.493 e. The number of sulfonamides is 1. The summed E-state index contributed by atoms with van der Waals surface area (Å²) < 4.78 is 42.1. The fourth-order valence-corrected chi connectivity index (χ4v) is 3.60. The van der Waals surface area contributed by atoms with Crippen LogP contribution < -0.4 is 14.2 Å². The maximum absolute atomic E-state index is 12.4. The van der Waals surface area contributed by atoms with Crippen LogP contribution in [-0.4, -0.2) is 47.6 Å². The van der Waals surface area contributed by atoms with Crippen molar-refractivity contribution in [2.24, 2.45) is 0 Å². The Morgan fingerprint density at radius 1 is 0.880 bits per heavy atom. The smallest absolute Gasteiger partial charge is 0.242 e. The highest BCUT2D eigenvalue weighted by Gasteiger charge is 2.19. The van der Waals surface area contributed by atoms with Gasteiger partial charge in [0.1, 0.15) is 0 Å². The van der Waals surface area contributed by atoms with E-state index >= 15 is 0 Å². The van der Waals surface area contributed by atoms with Crippen LogP contribution in [0.3, 0.4) is 0 Å². The molecule has 0 fully saturated rings. The Bertz CT molecular complexity index is 806. The number of methoxy groups -OCH3 is 3. The summed E-state index contributed by atoms with van der Waals surface area (Å²) in [4.78, 5) is 0.257. The number of benzene rings is 2. The molecule has 0 aliphatic heterocycles. The molecule has 7 heteroatoms. The summed E-state index contributed by atoms with van der Waals surface area (Å²) in [5, 5.41) is 0. The van der Waals surface area contributed by atoms with E-state index in [9.17, 15) is 8.42 Å². The molecular weight excluding hydrogens is 342 g/mol. The van der Waals surface area contributed by atoms with Crippen LogP contribution >= 0.6 is 0 Å². The number of rotatable bonds is 7. The predicted molar refractivity (Wildman–Crippen MR) is 97.0 cm³/mol. The van der Waals surface area contributed by atoms with Crippen molar-refractivity contribution in [2.75, 3.05) is 34.9 Å². The Kier molecular flexibility index (Phi) is 5.92.